The van der Waals surface area contributed by atoms with Gasteiger partial charge in [0.15, 0.2) is 5.16 Å². The summed E-state index contributed by atoms with van der Waals surface area (Å²) in [5.74, 6) is 0.470. The van der Waals surface area contributed by atoms with E-state index in [-0.39, 0.29) is 5.48 Å². The van der Waals surface area contributed by atoms with E-state index in [9.17, 15) is 4.21 Å². The van der Waals surface area contributed by atoms with Crippen LogP contribution in [0.5, 0.6) is 0 Å². The number of para-hydroxylation sites is 2. The number of aromatic amines is 1. The number of benzene rings is 2. The van der Waals surface area contributed by atoms with Crippen LogP contribution in [0.4, 0.5) is 5.69 Å². The first-order chi connectivity index (χ1) is 10.9. The van der Waals surface area contributed by atoms with Crippen LogP contribution in [0, 0.1) is 6.92 Å². The normalized spacial score (nSPS) is 12.8. The summed E-state index contributed by atoms with van der Waals surface area (Å²) >= 11 is 0. The molecule has 0 amide bonds. The van der Waals surface area contributed by atoms with E-state index < -0.39 is 10.8 Å². The number of nitrogens with zero attached hydrogens (tertiary/aromatic N) is 2. The molecule has 3 aromatic rings. The Morgan fingerprint density at radius 2 is 1.79 bits per heavy atom. The molecule has 1 unspecified atom stereocenters. The molecular weight excluding hydrogens is 322 g/mol. The highest BCUT2D eigenvalue weighted by Gasteiger charge is 2.22. The second kappa shape index (κ2) is 6.84. The molecule has 2 N–H and O–H groups in total. The minimum atomic E-state index is -1.20. The third kappa shape index (κ3) is 3.56. The molecular formula is C18H23N3O2S. The fourth-order valence-electron chi connectivity index (χ4n) is 2.74. The van der Waals surface area contributed by atoms with Crippen molar-refractivity contribution in [2.75, 3.05) is 21.1 Å². The van der Waals surface area contributed by atoms with Crippen LogP contribution in [0.25, 0.3) is 11.0 Å². The Balaban J connectivity index is 0.00000208. The average Bonchev–Trinajstić information content (AvgIpc) is 2.92. The molecule has 2 aromatic carbocycles. The smallest absolute Gasteiger partial charge is 0.197 e. The minimum absolute atomic E-state index is 0. The van der Waals surface area contributed by atoms with Gasteiger partial charge in [0.25, 0.3) is 0 Å². The van der Waals surface area contributed by atoms with Crippen LogP contribution < -0.4 is 4.48 Å². The Kier molecular flexibility index (Phi) is 5.22. The van der Waals surface area contributed by atoms with Gasteiger partial charge in [-0.15, -0.1) is 0 Å². The maximum absolute atomic E-state index is 12.8. The largest absolute Gasteiger partial charge is 0.870 e. The van der Waals surface area contributed by atoms with E-state index in [0.717, 1.165) is 16.6 Å². The predicted molar refractivity (Wildman–Crippen MR) is 98.9 cm³/mol. The summed E-state index contributed by atoms with van der Waals surface area (Å²) in [7, 11) is 5.18. The summed E-state index contributed by atoms with van der Waals surface area (Å²) in [5.41, 5.74) is 5.27. The molecule has 0 fully saturated rings. The van der Waals surface area contributed by atoms with Crippen LogP contribution in [0.1, 0.15) is 11.1 Å². The zero-order valence-corrected chi connectivity index (χ0v) is 15.2. The third-order valence-corrected chi connectivity index (χ3v) is 5.14. The van der Waals surface area contributed by atoms with Crippen LogP contribution in [0.2, 0.25) is 0 Å². The molecule has 0 aliphatic carbocycles. The van der Waals surface area contributed by atoms with E-state index in [1.807, 2.05) is 24.3 Å². The van der Waals surface area contributed by atoms with Crippen molar-refractivity contribution in [1.82, 2.24) is 14.5 Å². The van der Waals surface area contributed by atoms with Crippen molar-refractivity contribution in [1.29, 1.82) is 0 Å². The molecule has 24 heavy (non-hydrogen) atoms. The highest BCUT2D eigenvalue weighted by molar-refractivity contribution is 7.84. The van der Waals surface area contributed by atoms with Gasteiger partial charge in [0, 0.05) is 5.56 Å². The van der Waals surface area contributed by atoms with Gasteiger partial charge in [-0.1, -0.05) is 24.3 Å². The van der Waals surface area contributed by atoms with Gasteiger partial charge in [0.1, 0.15) is 5.69 Å². The molecule has 0 aliphatic heterocycles. The zero-order valence-electron chi connectivity index (χ0n) is 14.4. The molecule has 1 aromatic heterocycles. The Morgan fingerprint density at radius 1 is 1.08 bits per heavy atom. The summed E-state index contributed by atoms with van der Waals surface area (Å²) < 4.78 is 13.5. The number of hydrogen-bond donors (Lipinski definition) is 1. The van der Waals surface area contributed by atoms with E-state index in [4.69, 9.17) is 0 Å². The van der Waals surface area contributed by atoms with Crippen molar-refractivity contribution in [3.05, 3.63) is 53.6 Å². The fraction of sp³-hybridized carbons (Fsp3) is 0.278. The zero-order chi connectivity index (χ0) is 16.6. The molecule has 0 aliphatic rings. The van der Waals surface area contributed by atoms with Crippen molar-refractivity contribution >= 4 is 27.5 Å². The highest BCUT2D eigenvalue weighted by atomic mass is 32.2. The molecule has 1 atom stereocenters. The van der Waals surface area contributed by atoms with Gasteiger partial charge in [0.2, 0.25) is 0 Å². The number of imidazole rings is 1. The monoisotopic (exact) mass is 345 g/mol. The molecule has 3 rings (SSSR count). The van der Waals surface area contributed by atoms with Gasteiger partial charge in [-0.05, 0) is 30.7 Å². The average molecular weight is 345 g/mol. The quantitative estimate of drug-likeness (QED) is 0.738. The lowest BCUT2D eigenvalue weighted by Crippen LogP contribution is -2.36. The van der Waals surface area contributed by atoms with Crippen molar-refractivity contribution in [3.8, 4) is 0 Å². The lowest BCUT2D eigenvalue weighted by Gasteiger charge is -2.26. The molecule has 128 valence electrons. The highest BCUT2D eigenvalue weighted by Crippen LogP contribution is 2.28. The number of aromatic nitrogens is 2. The SMILES string of the molecule is Cc1cccc([N+](C)(C)C)c1CS(=O)c1nc2ccccc2[nH]1.[OH-]. The van der Waals surface area contributed by atoms with Crippen LogP contribution in [-0.4, -0.2) is 40.8 Å². The maximum Gasteiger partial charge on any atom is 0.197 e. The van der Waals surface area contributed by atoms with Crippen molar-refractivity contribution < 1.29 is 9.69 Å². The Bertz CT molecular complexity index is 848. The molecule has 0 saturated heterocycles. The van der Waals surface area contributed by atoms with Crippen LogP contribution >= 0.6 is 0 Å². The number of nitrogens with one attached hydrogen (secondary N) is 1. The first-order valence-electron chi connectivity index (χ1n) is 7.60. The fourth-order valence-corrected chi connectivity index (χ4v) is 3.94. The van der Waals surface area contributed by atoms with Crippen molar-refractivity contribution in [2.45, 2.75) is 17.8 Å². The maximum atomic E-state index is 12.8. The molecule has 0 radical (unpaired) electrons. The van der Waals surface area contributed by atoms with Crippen molar-refractivity contribution in [2.24, 2.45) is 0 Å². The number of quaternary nitrogens is 1. The van der Waals surface area contributed by atoms with Crippen molar-refractivity contribution in [3.63, 3.8) is 0 Å². The molecule has 0 bridgehead atoms. The number of aryl methyl sites for hydroxylation is 1. The topological polar surface area (TPSA) is 75.8 Å². The van der Waals surface area contributed by atoms with Gasteiger partial charge in [0.05, 0.1) is 48.7 Å². The number of H-pyrrole nitrogens is 1. The standard InChI is InChI=1S/C18H22N3OS.H2O/c1-13-8-7-11-17(21(2,3)4)14(13)12-23(22)18-19-15-9-5-6-10-16(15)20-18;/h5-11H,12H2,1-4H3,(H,19,20);1H2/q+1;/p-1. The predicted octanol–water partition coefficient (Wildman–Crippen LogP) is 3.20. The lowest BCUT2D eigenvalue weighted by atomic mass is 10.1. The van der Waals surface area contributed by atoms with Gasteiger partial charge < -0.3 is 10.5 Å². The molecule has 0 saturated carbocycles. The summed E-state index contributed by atoms with van der Waals surface area (Å²) in [5, 5.41) is 0.543. The second-order valence-corrected chi connectivity index (χ2v) is 8.00. The van der Waals surface area contributed by atoms with Crippen LogP contribution in [-0.2, 0) is 16.6 Å². The van der Waals surface area contributed by atoms with Gasteiger partial charge in [-0.25, -0.2) is 4.98 Å². The second-order valence-electron chi connectivity index (χ2n) is 6.63. The van der Waals surface area contributed by atoms with Gasteiger partial charge >= 0.3 is 0 Å². The Labute approximate surface area is 144 Å². The van der Waals surface area contributed by atoms with Gasteiger partial charge in [-0.3, -0.25) is 8.69 Å². The minimum Gasteiger partial charge on any atom is -0.870 e. The molecule has 6 heteroatoms. The molecule has 5 nitrogen and oxygen atoms in total. The first-order valence-corrected chi connectivity index (χ1v) is 8.92. The lowest BCUT2D eigenvalue weighted by molar-refractivity contribution is 0.483. The van der Waals surface area contributed by atoms with E-state index >= 15 is 0 Å². The van der Waals surface area contributed by atoms with E-state index in [1.54, 1.807) is 0 Å². The first kappa shape index (κ1) is 18.3. The van der Waals surface area contributed by atoms with E-state index in [1.165, 1.54) is 11.3 Å². The summed E-state index contributed by atoms with van der Waals surface area (Å²) in [6, 6.07) is 14.0. The Hall–Kier alpha value is -2.02. The molecule has 1 heterocycles. The summed E-state index contributed by atoms with van der Waals surface area (Å²) in [6.45, 7) is 2.07. The molecule has 0 spiro atoms. The van der Waals surface area contributed by atoms with Gasteiger partial charge in [-0.2, -0.15) is 0 Å². The van der Waals surface area contributed by atoms with Crippen LogP contribution in [0.15, 0.2) is 47.6 Å². The van der Waals surface area contributed by atoms with E-state index in [0.29, 0.717) is 15.4 Å². The summed E-state index contributed by atoms with van der Waals surface area (Å²) in [4.78, 5) is 7.65. The number of rotatable bonds is 4. The number of fused-ring (bicyclic) bond motifs is 1. The third-order valence-electron chi connectivity index (χ3n) is 3.97. The number of hydrogen-bond acceptors (Lipinski definition) is 3. The summed E-state index contributed by atoms with van der Waals surface area (Å²) in [6.07, 6.45) is 0. The van der Waals surface area contributed by atoms with Crippen LogP contribution in [0.3, 0.4) is 0 Å². The Morgan fingerprint density at radius 3 is 2.46 bits per heavy atom. The van der Waals surface area contributed by atoms with E-state index in [2.05, 4.69) is 56.2 Å².